The molecule has 19 heavy (non-hydrogen) atoms. The molecule has 0 saturated carbocycles. The van der Waals surface area contributed by atoms with Crippen molar-refractivity contribution in [1.29, 1.82) is 5.26 Å². The fourth-order valence-corrected chi connectivity index (χ4v) is 2.04. The van der Waals surface area contributed by atoms with E-state index in [2.05, 4.69) is 16.0 Å². The molecule has 2 aromatic carbocycles. The molecule has 0 aliphatic rings. The highest BCUT2D eigenvalue weighted by molar-refractivity contribution is 5.85. The maximum atomic E-state index is 9.14. The Labute approximate surface area is 110 Å². The van der Waals surface area contributed by atoms with Crippen molar-refractivity contribution >= 4 is 16.9 Å². The number of nitrogen functional groups attached to an aromatic ring is 1. The average molecular weight is 246 g/mol. The van der Waals surface area contributed by atoms with Gasteiger partial charge in [-0.2, -0.15) is 5.26 Å². The molecule has 0 atom stereocenters. The van der Waals surface area contributed by atoms with E-state index >= 15 is 0 Å². The second-order valence-electron chi connectivity index (χ2n) is 4.16. The normalized spacial score (nSPS) is 10.3. The highest BCUT2D eigenvalue weighted by atomic mass is 15.0. The molecule has 90 valence electrons. The molecule has 0 fully saturated rings. The molecule has 3 aromatic rings. The summed E-state index contributed by atoms with van der Waals surface area (Å²) in [6, 6.07) is 15.5. The SMILES string of the molecule is N#Cc1ccccc1-c1ccc2cnc(N)nc2c1. The van der Waals surface area contributed by atoms with E-state index in [9.17, 15) is 0 Å². The molecule has 0 aliphatic heterocycles. The van der Waals surface area contributed by atoms with Gasteiger partial charge in [0.1, 0.15) is 0 Å². The van der Waals surface area contributed by atoms with Gasteiger partial charge in [0, 0.05) is 11.6 Å². The summed E-state index contributed by atoms with van der Waals surface area (Å²) < 4.78 is 0. The minimum absolute atomic E-state index is 0.248. The summed E-state index contributed by atoms with van der Waals surface area (Å²) in [4.78, 5) is 8.16. The first-order valence-corrected chi connectivity index (χ1v) is 5.80. The maximum Gasteiger partial charge on any atom is 0.220 e. The Hall–Kier alpha value is -2.93. The summed E-state index contributed by atoms with van der Waals surface area (Å²) in [6.07, 6.45) is 1.69. The van der Waals surface area contributed by atoms with E-state index in [4.69, 9.17) is 11.0 Å². The molecule has 1 aromatic heterocycles. The number of nitrogens with zero attached hydrogens (tertiary/aromatic N) is 3. The molecule has 3 rings (SSSR count). The number of anilines is 1. The van der Waals surface area contributed by atoms with Crippen LogP contribution in [0.25, 0.3) is 22.0 Å². The zero-order chi connectivity index (χ0) is 13.2. The molecule has 0 spiro atoms. The number of fused-ring (bicyclic) bond motifs is 1. The van der Waals surface area contributed by atoms with Gasteiger partial charge < -0.3 is 5.73 Å². The topological polar surface area (TPSA) is 75.6 Å². The van der Waals surface area contributed by atoms with Gasteiger partial charge in [0.25, 0.3) is 0 Å². The Morgan fingerprint density at radius 1 is 1.11 bits per heavy atom. The van der Waals surface area contributed by atoms with Gasteiger partial charge in [-0.25, -0.2) is 9.97 Å². The summed E-state index contributed by atoms with van der Waals surface area (Å²) in [5.74, 6) is 0.248. The number of hydrogen-bond acceptors (Lipinski definition) is 4. The van der Waals surface area contributed by atoms with Crippen molar-refractivity contribution in [2.45, 2.75) is 0 Å². The van der Waals surface area contributed by atoms with E-state index < -0.39 is 0 Å². The zero-order valence-electron chi connectivity index (χ0n) is 10.0. The number of rotatable bonds is 1. The zero-order valence-corrected chi connectivity index (χ0v) is 10.0. The van der Waals surface area contributed by atoms with Crippen LogP contribution in [-0.4, -0.2) is 9.97 Å². The highest BCUT2D eigenvalue weighted by Gasteiger charge is 2.05. The Morgan fingerprint density at radius 3 is 2.79 bits per heavy atom. The lowest BCUT2D eigenvalue weighted by Gasteiger charge is -2.05. The monoisotopic (exact) mass is 246 g/mol. The molecule has 0 bridgehead atoms. The van der Waals surface area contributed by atoms with Gasteiger partial charge in [-0.3, -0.25) is 0 Å². The van der Waals surface area contributed by atoms with Crippen LogP contribution in [0.1, 0.15) is 5.56 Å². The Kier molecular flexibility index (Phi) is 2.58. The standard InChI is InChI=1S/C15H10N4/c16-8-11-3-1-2-4-13(11)10-5-6-12-9-18-15(17)19-14(12)7-10/h1-7,9H,(H2,17,18,19). The average Bonchev–Trinajstić information content (AvgIpc) is 2.46. The summed E-state index contributed by atoms with van der Waals surface area (Å²) in [6.45, 7) is 0. The summed E-state index contributed by atoms with van der Waals surface area (Å²) in [7, 11) is 0. The van der Waals surface area contributed by atoms with Crippen LogP contribution < -0.4 is 5.73 Å². The van der Waals surface area contributed by atoms with E-state index in [-0.39, 0.29) is 5.95 Å². The van der Waals surface area contributed by atoms with E-state index in [1.54, 1.807) is 12.3 Å². The van der Waals surface area contributed by atoms with Crippen LogP contribution in [0.5, 0.6) is 0 Å². The second-order valence-corrected chi connectivity index (χ2v) is 4.16. The van der Waals surface area contributed by atoms with Gasteiger partial charge in [-0.1, -0.05) is 30.3 Å². The van der Waals surface area contributed by atoms with E-state index in [0.29, 0.717) is 5.56 Å². The van der Waals surface area contributed by atoms with Gasteiger partial charge in [-0.15, -0.1) is 0 Å². The quantitative estimate of drug-likeness (QED) is 0.716. The smallest absolute Gasteiger partial charge is 0.220 e. The minimum Gasteiger partial charge on any atom is -0.368 e. The maximum absolute atomic E-state index is 9.14. The van der Waals surface area contributed by atoms with Gasteiger partial charge in [0.15, 0.2) is 0 Å². The summed E-state index contributed by atoms with van der Waals surface area (Å²) >= 11 is 0. The first-order valence-electron chi connectivity index (χ1n) is 5.80. The largest absolute Gasteiger partial charge is 0.368 e. The van der Waals surface area contributed by atoms with Crippen LogP contribution in [-0.2, 0) is 0 Å². The van der Waals surface area contributed by atoms with Crippen molar-refractivity contribution in [2.75, 3.05) is 5.73 Å². The number of aromatic nitrogens is 2. The molecule has 1 heterocycles. The van der Waals surface area contributed by atoms with E-state index in [0.717, 1.165) is 22.0 Å². The third-order valence-corrected chi connectivity index (χ3v) is 2.96. The minimum atomic E-state index is 0.248. The molecule has 4 heteroatoms. The van der Waals surface area contributed by atoms with Crippen molar-refractivity contribution in [3.8, 4) is 17.2 Å². The molecule has 0 aliphatic carbocycles. The van der Waals surface area contributed by atoms with Crippen LogP contribution >= 0.6 is 0 Å². The van der Waals surface area contributed by atoms with Gasteiger partial charge in [0.05, 0.1) is 17.1 Å². The molecule has 0 saturated heterocycles. The van der Waals surface area contributed by atoms with Crippen molar-refractivity contribution in [1.82, 2.24) is 9.97 Å². The van der Waals surface area contributed by atoms with E-state index in [1.165, 1.54) is 0 Å². The number of nitrogens with two attached hydrogens (primary N) is 1. The third-order valence-electron chi connectivity index (χ3n) is 2.96. The first-order chi connectivity index (χ1) is 9.28. The molecule has 2 N–H and O–H groups in total. The number of nitriles is 1. The Bertz CT molecular complexity index is 803. The highest BCUT2D eigenvalue weighted by Crippen LogP contribution is 2.26. The molecule has 0 unspecified atom stereocenters. The van der Waals surface area contributed by atoms with Crippen LogP contribution in [0.3, 0.4) is 0 Å². The third kappa shape index (κ3) is 1.98. The molecular formula is C15H10N4. The fraction of sp³-hybridized carbons (Fsp3) is 0. The van der Waals surface area contributed by atoms with Crippen LogP contribution in [0.2, 0.25) is 0 Å². The van der Waals surface area contributed by atoms with E-state index in [1.807, 2.05) is 36.4 Å². The molecule has 0 radical (unpaired) electrons. The van der Waals surface area contributed by atoms with Gasteiger partial charge in [0.2, 0.25) is 5.95 Å². The van der Waals surface area contributed by atoms with Crippen molar-refractivity contribution in [3.05, 3.63) is 54.2 Å². The molecule has 4 nitrogen and oxygen atoms in total. The predicted octanol–water partition coefficient (Wildman–Crippen LogP) is 2.75. The van der Waals surface area contributed by atoms with Crippen LogP contribution in [0.4, 0.5) is 5.95 Å². The lowest BCUT2D eigenvalue weighted by atomic mass is 9.99. The number of hydrogen-bond donors (Lipinski definition) is 1. The Balaban J connectivity index is 2.23. The molecular weight excluding hydrogens is 236 g/mol. The summed E-state index contributed by atoms with van der Waals surface area (Å²) in [5.41, 5.74) is 8.85. The summed E-state index contributed by atoms with van der Waals surface area (Å²) in [5, 5.41) is 10.1. The van der Waals surface area contributed by atoms with Crippen molar-refractivity contribution in [2.24, 2.45) is 0 Å². The van der Waals surface area contributed by atoms with Gasteiger partial charge >= 0.3 is 0 Å². The van der Waals surface area contributed by atoms with Crippen molar-refractivity contribution in [3.63, 3.8) is 0 Å². The predicted molar refractivity (Wildman–Crippen MR) is 74.1 cm³/mol. The van der Waals surface area contributed by atoms with Crippen molar-refractivity contribution < 1.29 is 0 Å². The lowest BCUT2D eigenvalue weighted by Crippen LogP contribution is -1.94. The second kappa shape index (κ2) is 4.39. The van der Waals surface area contributed by atoms with Crippen LogP contribution in [0, 0.1) is 11.3 Å². The first kappa shape index (κ1) is 11.2. The lowest BCUT2D eigenvalue weighted by molar-refractivity contribution is 1.24. The molecule has 0 amide bonds. The fourth-order valence-electron chi connectivity index (χ4n) is 2.04. The Morgan fingerprint density at radius 2 is 1.95 bits per heavy atom. The van der Waals surface area contributed by atoms with Crippen LogP contribution in [0.15, 0.2) is 48.7 Å². The number of benzene rings is 2. The van der Waals surface area contributed by atoms with Gasteiger partial charge in [-0.05, 0) is 23.3 Å².